The summed E-state index contributed by atoms with van der Waals surface area (Å²) in [6.45, 7) is 8.71. The largest absolute Gasteiger partial charge is 0.395 e. The normalized spacial score (nSPS) is 11.6. The van der Waals surface area contributed by atoms with Gasteiger partial charge in [-0.15, -0.1) is 6.58 Å². The number of hydrogen-bond donors (Lipinski definition) is 0. The second-order valence-corrected chi connectivity index (χ2v) is 4.91. The van der Waals surface area contributed by atoms with Crippen LogP contribution in [0.1, 0.15) is 32.3 Å². The molecule has 1 rings (SSSR count). The van der Waals surface area contributed by atoms with Crippen LogP contribution in [0.2, 0.25) is 0 Å². The van der Waals surface area contributed by atoms with Crippen LogP contribution in [-0.4, -0.2) is 12.8 Å². The van der Waals surface area contributed by atoms with Crippen LogP contribution >= 0.6 is 0 Å². The molecule has 0 saturated heterocycles. The highest BCUT2D eigenvalue weighted by molar-refractivity contribution is 5.78. The Balaban J connectivity index is 2.32. The molecule has 0 aliphatic heterocycles. The maximum Gasteiger partial charge on any atom is 0.122 e. The summed E-state index contributed by atoms with van der Waals surface area (Å²) >= 11 is 0. The monoisotopic (exact) mass is 231 g/mol. The van der Waals surface area contributed by atoms with Gasteiger partial charge < -0.3 is 4.84 Å². The number of hydrogen-bond acceptors (Lipinski definition) is 2. The van der Waals surface area contributed by atoms with E-state index >= 15 is 0 Å². The van der Waals surface area contributed by atoms with E-state index in [9.17, 15) is 0 Å². The van der Waals surface area contributed by atoms with Crippen LogP contribution in [0, 0.1) is 5.41 Å². The van der Waals surface area contributed by atoms with E-state index in [-0.39, 0.29) is 5.41 Å². The van der Waals surface area contributed by atoms with Crippen molar-refractivity contribution in [2.45, 2.75) is 26.7 Å². The number of rotatable bonds is 7. The summed E-state index contributed by atoms with van der Waals surface area (Å²) in [7, 11) is 0. The Labute approximate surface area is 104 Å². The number of oxime groups is 1. The van der Waals surface area contributed by atoms with E-state index in [1.807, 2.05) is 36.4 Å². The lowest BCUT2D eigenvalue weighted by atomic mass is 9.89. The molecule has 0 amide bonds. The maximum absolute atomic E-state index is 5.33. The van der Waals surface area contributed by atoms with E-state index < -0.39 is 0 Å². The standard InChI is InChI=1S/C15H21NO/c1-4-5-11-15(2,3)13-17-16-12-14-9-7-6-8-10-14/h4,6-10,12H,1,5,11,13H2,2-3H3/b16-12+. The molecule has 17 heavy (non-hydrogen) atoms. The third kappa shape index (κ3) is 5.91. The molecule has 0 atom stereocenters. The lowest BCUT2D eigenvalue weighted by molar-refractivity contribution is 0.0644. The first-order valence-corrected chi connectivity index (χ1v) is 5.95. The minimum atomic E-state index is 0.141. The van der Waals surface area contributed by atoms with Crippen LogP contribution in [0.4, 0.5) is 0 Å². The van der Waals surface area contributed by atoms with Crippen LogP contribution in [0.15, 0.2) is 48.1 Å². The highest BCUT2D eigenvalue weighted by Gasteiger charge is 2.17. The minimum Gasteiger partial charge on any atom is -0.395 e. The summed E-state index contributed by atoms with van der Waals surface area (Å²) in [6, 6.07) is 9.94. The van der Waals surface area contributed by atoms with Gasteiger partial charge in [-0.3, -0.25) is 0 Å². The topological polar surface area (TPSA) is 21.6 Å². The van der Waals surface area contributed by atoms with Crippen molar-refractivity contribution in [2.24, 2.45) is 10.6 Å². The molecule has 0 spiro atoms. The van der Waals surface area contributed by atoms with Gasteiger partial charge in [-0.05, 0) is 18.4 Å². The summed E-state index contributed by atoms with van der Waals surface area (Å²) in [6.07, 6.45) is 5.76. The van der Waals surface area contributed by atoms with Crippen LogP contribution in [0.3, 0.4) is 0 Å². The first-order chi connectivity index (χ1) is 8.14. The predicted molar refractivity (Wildman–Crippen MR) is 73.2 cm³/mol. The van der Waals surface area contributed by atoms with E-state index in [2.05, 4.69) is 25.6 Å². The van der Waals surface area contributed by atoms with Gasteiger partial charge in [-0.1, -0.05) is 55.4 Å². The van der Waals surface area contributed by atoms with E-state index in [0.29, 0.717) is 6.61 Å². The van der Waals surface area contributed by atoms with Gasteiger partial charge in [0.05, 0.1) is 6.21 Å². The van der Waals surface area contributed by atoms with Gasteiger partial charge in [0.2, 0.25) is 0 Å². The highest BCUT2D eigenvalue weighted by atomic mass is 16.6. The molecule has 2 heteroatoms. The van der Waals surface area contributed by atoms with E-state index in [0.717, 1.165) is 18.4 Å². The fourth-order valence-corrected chi connectivity index (χ4v) is 1.41. The van der Waals surface area contributed by atoms with Crippen LogP contribution < -0.4 is 0 Å². The molecule has 0 fully saturated rings. The molecule has 0 saturated carbocycles. The molecule has 0 aliphatic carbocycles. The van der Waals surface area contributed by atoms with E-state index in [1.165, 1.54) is 0 Å². The Morgan fingerprint density at radius 1 is 1.29 bits per heavy atom. The second kappa shape index (κ2) is 6.89. The zero-order valence-corrected chi connectivity index (χ0v) is 10.7. The highest BCUT2D eigenvalue weighted by Crippen LogP contribution is 2.22. The van der Waals surface area contributed by atoms with Crippen molar-refractivity contribution in [3.05, 3.63) is 48.6 Å². The fourth-order valence-electron chi connectivity index (χ4n) is 1.41. The Morgan fingerprint density at radius 2 is 2.00 bits per heavy atom. The Morgan fingerprint density at radius 3 is 2.65 bits per heavy atom. The third-order valence-corrected chi connectivity index (χ3v) is 2.56. The van der Waals surface area contributed by atoms with Crippen molar-refractivity contribution in [1.29, 1.82) is 0 Å². The van der Waals surface area contributed by atoms with Crippen molar-refractivity contribution in [1.82, 2.24) is 0 Å². The number of benzene rings is 1. The van der Waals surface area contributed by atoms with Crippen molar-refractivity contribution in [2.75, 3.05) is 6.61 Å². The molecule has 0 bridgehead atoms. The predicted octanol–water partition coefficient (Wildman–Crippen LogP) is 4.03. The smallest absolute Gasteiger partial charge is 0.122 e. The van der Waals surface area contributed by atoms with Gasteiger partial charge in [0.25, 0.3) is 0 Å². The molecule has 0 N–H and O–H groups in total. The molecule has 0 radical (unpaired) electrons. The molecule has 0 unspecified atom stereocenters. The molecule has 0 aromatic heterocycles. The summed E-state index contributed by atoms with van der Waals surface area (Å²) in [4.78, 5) is 5.33. The van der Waals surface area contributed by atoms with E-state index in [1.54, 1.807) is 6.21 Å². The third-order valence-electron chi connectivity index (χ3n) is 2.56. The van der Waals surface area contributed by atoms with Crippen molar-refractivity contribution >= 4 is 6.21 Å². The fraction of sp³-hybridized carbons (Fsp3) is 0.400. The molecule has 0 heterocycles. The summed E-state index contributed by atoms with van der Waals surface area (Å²) in [5.41, 5.74) is 1.19. The first kappa shape index (κ1) is 13.5. The van der Waals surface area contributed by atoms with Gasteiger partial charge in [0.15, 0.2) is 0 Å². The van der Waals surface area contributed by atoms with Crippen molar-refractivity contribution in [3.8, 4) is 0 Å². The second-order valence-electron chi connectivity index (χ2n) is 4.91. The van der Waals surface area contributed by atoms with Gasteiger partial charge in [-0.25, -0.2) is 0 Å². The molecule has 92 valence electrons. The van der Waals surface area contributed by atoms with Gasteiger partial charge in [0.1, 0.15) is 6.61 Å². The zero-order chi connectivity index (χ0) is 12.6. The summed E-state index contributed by atoms with van der Waals surface area (Å²) < 4.78 is 0. The number of nitrogens with zero attached hydrogens (tertiary/aromatic N) is 1. The average Bonchev–Trinajstić information content (AvgIpc) is 2.34. The maximum atomic E-state index is 5.33. The SMILES string of the molecule is C=CCCC(C)(C)CO/N=C/c1ccccc1. The minimum absolute atomic E-state index is 0.141. The number of allylic oxidation sites excluding steroid dienone is 1. The average molecular weight is 231 g/mol. The van der Waals surface area contributed by atoms with Gasteiger partial charge in [0, 0.05) is 5.41 Å². The lowest BCUT2D eigenvalue weighted by Gasteiger charge is -2.21. The molecule has 1 aromatic carbocycles. The quantitative estimate of drug-likeness (QED) is 0.394. The molecule has 1 aromatic rings. The van der Waals surface area contributed by atoms with E-state index in [4.69, 9.17) is 4.84 Å². The Bertz CT molecular complexity index is 354. The summed E-state index contributed by atoms with van der Waals surface area (Å²) in [5, 5.41) is 3.98. The summed E-state index contributed by atoms with van der Waals surface area (Å²) in [5.74, 6) is 0. The van der Waals surface area contributed by atoms with Crippen LogP contribution in [0.5, 0.6) is 0 Å². The van der Waals surface area contributed by atoms with Gasteiger partial charge >= 0.3 is 0 Å². The molecule has 0 aliphatic rings. The Hall–Kier alpha value is -1.57. The van der Waals surface area contributed by atoms with Crippen molar-refractivity contribution in [3.63, 3.8) is 0 Å². The molecular weight excluding hydrogens is 210 g/mol. The zero-order valence-electron chi connectivity index (χ0n) is 10.7. The van der Waals surface area contributed by atoms with Crippen LogP contribution in [-0.2, 0) is 4.84 Å². The lowest BCUT2D eigenvalue weighted by Crippen LogP contribution is -2.17. The van der Waals surface area contributed by atoms with Gasteiger partial charge in [-0.2, -0.15) is 0 Å². The molecule has 2 nitrogen and oxygen atoms in total. The van der Waals surface area contributed by atoms with Crippen LogP contribution in [0.25, 0.3) is 0 Å². The van der Waals surface area contributed by atoms with Crippen molar-refractivity contribution < 1.29 is 4.84 Å². The molecular formula is C15H21NO. The Kier molecular flexibility index (Phi) is 5.47. The first-order valence-electron chi connectivity index (χ1n) is 5.95.